The fourth-order valence-electron chi connectivity index (χ4n) is 5.55. The lowest BCUT2D eigenvalue weighted by Crippen LogP contribution is -2.44. The Bertz CT molecular complexity index is 1540. The molecule has 2 unspecified atom stereocenters. The van der Waals surface area contributed by atoms with Gasteiger partial charge in [0.15, 0.2) is 0 Å². The molecule has 0 bridgehead atoms. The van der Waals surface area contributed by atoms with Crippen molar-refractivity contribution in [3.8, 4) is 16.9 Å². The number of aryl methyl sites for hydroxylation is 2. The van der Waals surface area contributed by atoms with Crippen molar-refractivity contribution >= 4 is 29.4 Å². The Hall–Kier alpha value is -3.88. The summed E-state index contributed by atoms with van der Waals surface area (Å²) in [5.74, 6) is 0.558. The molecule has 210 valence electrons. The number of nitrogens with one attached hydrogen (secondary N) is 1. The van der Waals surface area contributed by atoms with Gasteiger partial charge in [0.2, 0.25) is 11.8 Å². The van der Waals surface area contributed by atoms with E-state index in [0.29, 0.717) is 12.4 Å². The molecule has 7 nitrogen and oxygen atoms in total. The van der Waals surface area contributed by atoms with Crippen LogP contribution in [-0.2, 0) is 14.3 Å². The molecule has 1 saturated heterocycles. The van der Waals surface area contributed by atoms with Crippen LogP contribution < -0.4 is 10.2 Å². The van der Waals surface area contributed by atoms with Crippen molar-refractivity contribution in [1.29, 1.82) is 0 Å². The molecule has 2 atom stereocenters. The van der Waals surface area contributed by atoms with Gasteiger partial charge in [-0.1, -0.05) is 72.3 Å². The first kappa shape index (κ1) is 27.3. The molecule has 2 aliphatic rings. The molecule has 2 amide bonds. The Morgan fingerprint density at radius 2 is 1.78 bits per heavy atom. The molecular weight excluding hydrogens is 532 g/mol. The quantitative estimate of drug-likeness (QED) is 0.314. The second-order valence-corrected chi connectivity index (χ2v) is 11.8. The molecule has 2 aliphatic heterocycles. The molecule has 41 heavy (non-hydrogen) atoms. The van der Waals surface area contributed by atoms with Crippen LogP contribution in [0.1, 0.15) is 40.3 Å². The minimum Gasteiger partial charge on any atom is -0.376 e. The average Bonchev–Trinajstić information content (AvgIpc) is 3.62. The van der Waals surface area contributed by atoms with E-state index in [-0.39, 0.29) is 35.5 Å². The third kappa shape index (κ3) is 5.67. The zero-order chi connectivity index (χ0) is 28.3. The van der Waals surface area contributed by atoms with E-state index < -0.39 is 0 Å². The second kappa shape index (κ2) is 11.9. The smallest absolute Gasteiger partial charge is 0.240 e. The lowest BCUT2D eigenvalue weighted by molar-refractivity contribution is -0.123. The first-order chi connectivity index (χ1) is 20.0. The van der Waals surface area contributed by atoms with E-state index in [4.69, 9.17) is 9.84 Å². The summed E-state index contributed by atoms with van der Waals surface area (Å²) < 4.78 is 7.54. The van der Waals surface area contributed by atoms with Crippen molar-refractivity contribution in [2.75, 3.05) is 30.3 Å². The number of aromatic nitrogens is 2. The first-order valence-electron chi connectivity index (χ1n) is 14.1. The number of ether oxygens (including phenoxy) is 1. The molecule has 1 aromatic heterocycles. The van der Waals surface area contributed by atoms with Gasteiger partial charge in [-0.15, -0.1) is 11.8 Å². The number of rotatable bonds is 7. The summed E-state index contributed by atoms with van der Waals surface area (Å²) in [6.07, 6.45) is 1.96. The number of carbonyl (C=O) groups is 2. The number of fused-ring (bicyclic) bond motifs is 1. The van der Waals surface area contributed by atoms with Gasteiger partial charge in [0.25, 0.3) is 0 Å². The molecule has 1 N–H and O–H groups in total. The maximum Gasteiger partial charge on any atom is 0.240 e. The van der Waals surface area contributed by atoms with E-state index in [1.54, 1.807) is 16.7 Å². The van der Waals surface area contributed by atoms with E-state index in [0.717, 1.165) is 58.6 Å². The summed E-state index contributed by atoms with van der Waals surface area (Å²) in [7, 11) is 0. The van der Waals surface area contributed by atoms with Gasteiger partial charge in [0.1, 0.15) is 12.4 Å². The van der Waals surface area contributed by atoms with Crippen LogP contribution in [-0.4, -0.2) is 53.1 Å². The fourth-order valence-corrected chi connectivity index (χ4v) is 6.85. The van der Waals surface area contributed by atoms with Crippen molar-refractivity contribution in [1.82, 2.24) is 15.1 Å². The molecule has 3 heterocycles. The highest BCUT2D eigenvalue weighted by Gasteiger charge is 2.38. The van der Waals surface area contributed by atoms with Crippen molar-refractivity contribution in [3.63, 3.8) is 0 Å². The molecule has 1 fully saturated rings. The molecule has 0 saturated carbocycles. The Labute approximate surface area is 244 Å². The van der Waals surface area contributed by atoms with E-state index in [1.807, 2.05) is 78.3 Å². The first-order valence-corrected chi connectivity index (χ1v) is 15.2. The maximum atomic E-state index is 13.9. The van der Waals surface area contributed by atoms with E-state index in [1.165, 1.54) is 0 Å². The van der Waals surface area contributed by atoms with Crippen LogP contribution in [0.3, 0.4) is 0 Å². The molecule has 3 aromatic carbocycles. The van der Waals surface area contributed by atoms with Gasteiger partial charge in [0, 0.05) is 24.3 Å². The van der Waals surface area contributed by atoms with Gasteiger partial charge in [-0.3, -0.25) is 14.5 Å². The predicted octanol–water partition coefficient (Wildman–Crippen LogP) is 5.62. The highest BCUT2D eigenvalue weighted by Crippen LogP contribution is 2.49. The topological polar surface area (TPSA) is 76.5 Å². The zero-order valence-corrected chi connectivity index (χ0v) is 24.2. The van der Waals surface area contributed by atoms with Gasteiger partial charge in [-0.05, 0) is 49.9 Å². The monoisotopic (exact) mass is 566 g/mol. The summed E-state index contributed by atoms with van der Waals surface area (Å²) in [5, 5.41) is 8.03. The van der Waals surface area contributed by atoms with Gasteiger partial charge >= 0.3 is 0 Å². The molecule has 0 radical (unpaired) electrons. The van der Waals surface area contributed by atoms with Crippen molar-refractivity contribution in [2.24, 2.45) is 0 Å². The largest absolute Gasteiger partial charge is 0.376 e. The van der Waals surface area contributed by atoms with E-state index >= 15 is 0 Å². The van der Waals surface area contributed by atoms with Gasteiger partial charge in [-0.25, -0.2) is 4.68 Å². The van der Waals surface area contributed by atoms with Crippen molar-refractivity contribution < 1.29 is 14.3 Å². The standard InChI is InChI=1S/C33H34N4O3S/c1-22-14-16-25(17-15-22)37-33-30(31(35-37)24-10-4-3-5-11-24)32(27-13-7-6-9-23(27)2)41-21-29(39)36(33)20-28(38)34-19-26-12-8-18-40-26/h3-7,9-11,13-17,26,32H,8,12,18-21H2,1-2H3,(H,34,38). The summed E-state index contributed by atoms with van der Waals surface area (Å²) in [6, 6.07) is 26.5. The summed E-state index contributed by atoms with van der Waals surface area (Å²) in [4.78, 5) is 28.8. The number of benzene rings is 3. The van der Waals surface area contributed by atoms with Crippen LogP contribution in [0, 0.1) is 13.8 Å². The Kier molecular flexibility index (Phi) is 7.94. The highest BCUT2D eigenvalue weighted by molar-refractivity contribution is 8.00. The number of amides is 2. The number of hydrogen-bond acceptors (Lipinski definition) is 5. The maximum absolute atomic E-state index is 13.9. The summed E-state index contributed by atoms with van der Waals surface area (Å²) in [5.41, 5.74) is 6.96. The Balaban J connectivity index is 1.52. The fraction of sp³-hybridized carbons (Fsp3) is 0.303. The zero-order valence-electron chi connectivity index (χ0n) is 23.4. The lowest BCUT2D eigenvalue weighted by Gasteiger charge is -2.24. The molecular formula is C33H34N4O3S. The average molecular weight is 567 g/mol. The lowest BCUT2D eigenvalue weighted by atomic mass is 9.97. The Morgan fingerprint density at radius 3 is 2.51 bits per heavy atom. The van der Waals surface area contributed by atoms with Crippen molar-refractivity contribution in [2.45, 2.75) is 38.0 Å². The molecule has 4 aromatic rings. The molecule has 6 rings (SSSR count). The third-order valence-electron chi connectivity index (χ3n) is 7.74. The van der Waals surface area contributed by atoms with Gasteiger partial charge in [-0.2, -0.15) is 5.10 Å². The minimum absolute atomic E-state index is 0.0260. The van der Waals surface area contributed by atoms with E-state index in [9.17, 15) is 9.59 Å². The minimum atomic E-state index is -0.211. The summed E-state index contributed by atoms with van der Waals surface area (Å²) in [6.45, 7) is 5.23. The van der Waals surface area contributed by atoms with Crippen LogP contribution in [0.4, 0.5) is 5.82 Å². The third-order valence-corrected chi connectivity index (χ3v) is 8.97. The van der Waals surface area contributed by atoms with Crippen LogP contribution >= 0.6 is 11.8 Å². The number of nitrogens with zero attached hydrogens (tertiary/aromatic N) is 3. The van der Waals surface area contributed by atoms with Crippen LogP contribution in [0.15, 0.2) is 78.9 Å². The highest BCUT2D eigenvalue weighted by atomic mass is 32.2. The van der Waals surface area contributed by atoms with E-state index in [2.05, 4.69) is 24.4 Å². The summed E-state index contributed by atoms with van der Waals surface area (Å²) >= 11 is 1.59. The van der Waals surface area contributed by atoms with Crippen LogP contribution in [0.2, 0.25) is 0 Å². The number of carbonyl (C=O) groups excluding carboxylic acids is 2. The number of hydrogen-bond donors (Lipinski definition) is 1. The SMILES string of the molecule is Cc1ccc(-n2nc(-c3ccccc3)c3c2N(CC(=O)NCC2CCCO2)C(=O)CSC3c2ccccc2C)cc1. The normalized spacial score (nSPS) is 18.7. The van der Waals surface area contributed by atoms with Crippen LogP contribution in [0.25, 0.3) is 16.9 Å². The second-order valence-electron chi connectivity index (χ2n) is 10.7. The predicted molar refractivity (Wildman–Crippen MR) is 164 cm³/mol. The number of thioether (sulfide) groups is 1. The molecule has 0 spiro atoms. The van der Waals surface area contributed by atoms with Gasteiger partial charge < -0.3 is 10.1 Å². The van der Waals surface area contributed by atoms with Crippen LogP contribution in [0.5, 0.6) is 0 Å². The van der Waals surface area contributed by atoms with Crippen molar-refractivity contribution in [3.05, 3.63) is 101 Å². The Morgan fingerprint density at radius 1 is 1.02 bits per heavy atom. The molecule has 0 aliphatic carbocycles. The number of anilines is 1. The van der Waals surface area contributed by atoms with Gasteiger partial charge in [0.05, 0.1) is 28.5 Å². The molecule has 8 heteroatoms.